The van der Waals surface area contributed by atoms with Crippen molar-refractivity contribution in [1.82, 2.24) is 9.55 Å². The molecule has 4 heteroatoms. The van der Waals surface area contributed by atoms with E-state index in [-0.39, 0.29) is 0 Å². The number of nitrogens with zero attached hydrogens (tertiary/aromatic N) is 3. The highest BCUT2D eigenvalue weighted by atomic mass is 16.3. The molecule has 0 aliphatic rings. The molecule has 0 bridgehead atoms. The van der Waals surface area contributed by atoms with Crippen molar-refractivity contribution < 1.29 is 4.42 Å². The van der Waals surface area contributed by atoms with Crippen LogP contribution in [0.15, 0.2) is 168 Å². The second kappa shape index (κ2) is 10.2. The van der Waals surface area contributed by atoms with Crippen LogP contribution in [-0.2, 0) is 0 Å². The van der Waals surface area contributed by atoms with E-state index in [0.29, 0.717) is 0 Å². The van der Waals surface area contributed by atoms with Gasteiger partial charge in [0, 0.05) is 44.8 Å². The number of para-hydroxylation sites is 4. The van der Waals surface area contributed by atoms with Crippen LogP contribution in [0.3, 0.4) is 0 Å². The zero-order chi connectivity index (χ0) is 29.7. The average molecular weight is 578 g/mol. The van der Waals surface area contributed by atoms with Gasteiger partial charge in [0.1, 0.15) is 5.58 Å². The first-order valence-corrected chi connectivity index (χ1v) is 15.1. The number of fused-ring (bicyclic) bond motifs is 6. The van der Waals surface area contributed by atoms with E-state index in [1.165, 1.54) is 21.8 Å². The Hall–Kier alpha value is -6.13. The van der Waals surface area contributed by atoms with Crippen LogP contribution in [0.1, 0.15) is 0 Å². The topological polar surface area (TPSA) is 34.2 Å². The molecule has 9 rings (SSSR count). The Balaban J connectivity index is 1.15. The van der Waals surface area contributed by atoms with Crippen LogP contribution in [0.2, 0.25) is 0 Å². The number of anilines is 3. The number of hydrogen-bond acceptors (Lipinski definition) is 3. The van der Waals surface area contributed by atoms with E-state index in [2.05, 4.69) is 137 Å². The fourth-order valence-electron chi connectivity index (χ4n) is 6.60. The standard InChI is InChI=1S/C41H27N3O/c1-2-12-30(13-3-1)43(41-40-36(25-26-42-41)35-17-6-9-20-39(35)45-40)31-23-21-28(22-24-31)29-11-10-14-32(27-29)44-37-18-7-4-15-33(37)34-16-5-8-19-38(34)44/h1-27H. The van der Waals surface area contributed by atoms with Crippen molar-refractivity contribution in [2.45, 2.75) is 0 Å². The van der Waals surface area contributed by atoms with E-state index < -0.39 is 0 Å². The molecule has 0 amide bonds. The summed E-state index contributed by atoms with van der Waals surface area (Å²) in [6, 6.07) is 55.3. The Morgan fingerprint density at radius 2 is 1.13 bits per heavy atom. The van der Waals surface area contributed by atoms with E-state index in [1.54, 1.807) is 0 Å². The van der Waals surface area contributed by atoms with Gasteiger partial charge in [-0.05, 0) is 71.8 Å². The van der Waals surface area contributed by atoms with Gasteiger partial charge in [0.2, 0.25) is 0 Å². The highest BCUT2D eigenvalue weighted by Gasteiger charge is 2.20. The molecule has 0 N–H and O–H groups in total. The summed E-state index contributed by atoms with van der Waals surface area (Å²) in [6.45, 7) is 0. The second-order valence-corrected chi connectivity index (χ2v) is 11.2. The summed E-state index contributed by atoms with van der Waals surface area (Å²) in [4.78, 5) is 7.02. The van der Waals surface area contributed by atoms with Gasteiger partial charge in [-0.25, -0.2) is 4.98 Å². The highest BCUT2D eigenvalue weighted by molar-refractivity contribution is 6.10. The molecule has 0 aliphatic carbocycles. The molecular formula is C41H27N3O. The Bertz CT molecular complexity index is 2440. The van der Waals surface area contributed by atoms with Crippen molar-refractivity contribution >= 4 is 60.9 Å². The van der Waals surface area contributed by atoms with Crippen LogP contribution in [-0.4, -0.2) is 9.55 Å². The summed E-state index contributed by atoms with van der Waals surface area (Å²) >= 11 is 0. The molecule has 0 radical (unpaired) electrons. The minimum atomic E-state index is 0.760. The lowest BCUT2D eigenvalue weighted by molar-refractivity contribution is 0.667. The van der Waals surface area contributed by atoms with Gasteiger partial charge in [-0.3, -0.25) is 4.90 Å². The molecule has 3 heterocycles. The number of furan rings is 1. The van der Waals surface area contributed by atoms with Crippen molar-refractivity contribution in [3.63, 3.8) is 0 Å². The third-order valence-electron chi connectivity index (χ3n) is 8.64. The van der Waals surface area contributed by atoms with Gasteiger partial charge in [-0.2, -0.15) is 0 Å². The van der Waals surface area contributed by atoms with E-state index in [1.807, 2.05) is 36.5 Å². The van der Waals surface area contributed by atoms with Crippen molar-refractivity contribution in [3.05, 3.63) is 164 Å². The molecule has 0 aliphatic heterocycles. The largest absolute Gasteiger partial charge is 0.452 e. The smallest absolute Gasteiger partial charge is 0.181 e. The molecule has 9 aromatic rings. The monoisotopic (exact) mass is 577 g/mol. The minimum absolute atomic E-state index is 0.760. The molecule has 0 saturated heterocycles. The summed E-state index contributed by atoms with van der Waals surface area (Å²) in [5.41, 5.74) is 9.49. The minimum Gasteiger partial charge on any atom is -0.452 e. The first-order chi connectivity index (χ1) is 22.3. The van der Waals surface area contributed by atoms with E-state index in [9.17, 15) is 0 Å². The fourth-order valence-corrected chi connectivity index (χ4v) is 6.60. The molecule has 6 aromatic carbocycles. The van der Waals surface area contributed by atoms with Gasteiger partial charge < -0.3 is 8.98 Å². The molecule has 0 unspecified atom stereocenters. The van der Waals surface area contributed by atoms with Crippen LogP contribution in [0.25, 0.3) is 60.6 Å². The van der Waals surface area contributed by atoms with E-state index in [4.69, 9.17) is 9.40 Å². The predicted molar refractivity (Wildman–Crippen MR) is 186 cm³/mol. The van der Waals surface area contributed by atoms with Crippen molar-refractivity contribution in [2.75, 3.05) is 4.90 Å². The van der Waals surface area contributed by atoms with Gasteiger partial charge in [0.25, 0.3) is 0 Å². The Kier molecular flexibility index (Phi) is 5.78. The van der Waals surface area contributed by atoms with Crippen LogP contribution in [0.5, 0.6) is 0 Å². The second-order valence-electron chi connectivity index (χ2n) is 11.2. The van der Waals surface area contributed by atoms with Gasteiger partial charge >= 0.3 is 0 Å². The first kappa shape index (κ1) is 25.4. The molecule has 0 fully saturated rings. The maximum atomic E-state index is 6.40. The molecule has 0 spiro atoms. The lowest BCUT2D eigenvalue weighted by atomic mass is 10.0. The summed E-state index contributed by atoms with van der Waals surface area (Å²) < 4.78 is 8.76. The summed E-state index contributed by atoms with van der Waals surface area (Å²) in [7, 11) is 0. The molecule has 0 saturated carbocycles. The predicted octanol–water partition coefficient (Wildman–Crippen LogP) is 11.2. The summed E-state index contributed by atoms with van der Waals surface area (Å²) in [5.74, 6) is 0.760. The van der Waals surface area contributed by atoms with Crippen LogP contribution >= 0.6 is 0 Å². The number of aromatic nitrogens is 2. The Labute approximate surface area is 260 Å². The average Bonchev–Trinajstić information content (AvgIpc) is 3.66. The van der Waals surface area contributed by atoms with E-state index >= 15 is 0 Å². The summed E-state index contributed by atoms with van der Waals surface area (Å²) in [5, 5.41) is 4.66. The quantitative estimate of drug-likeness (QED) is 0.204. The Morgan fingerprint density at radius 1 is 0.489 bits per heavy atom. The van der Waals surface area contributed by atoms with Crippen molar-refractivity contribution in [3.8, 4) is 16.8 Å². The maximum absolute atomic E-state index is 6.40. The fraction of sp³-hybridized carbons (Fsp3) is 0. The molecular weight excluding hydrogens is 550 g/mol. The van der Waals surface area contributed by atoms with Crippen LogP contribution in [0, 0.1) is 0 Å². The molecule has 3 aromatic heterocycles. The van der Waals surface area contributed by atoms with E-state index in [0.717, 1.165) is 55.9 Å². The maximum Gasteiger partial charge on any atom is 0.181 e. The number of benzene rings is 6. The SMILES string of the molecule is c1ccc(N(c2ccc(-c3cccc(-n4c5ccccc5c5ccccc54)c3)cc2)c2nccc3c2oc2ccccc23)cc1. The van der Waals surface area contributed by atoms with Crippen LogP contribution in [0.4, 0.5) is 17.2 Å². The zero-order valence-corrected chi connectivity index (χ0v) is 24.3. The van der Waals surface area contributed by atoms with Gasteiger partial charge in [0.05, 0.1) is 11.0 Å². The highest BCUT2D eigenvalue weighted by Crippen LogP contribution is 2.41. The van der Waals surface area contributed by atoms with Crippen molar-refractivity contribution in [2.24, 2.45) is 0 Å². The third-order valence-corrected chi connectivity index (χ3v) is 8.64. The Morgan fingerprint density at radius 3 is 1.89 bits per heavy atom. The lowest BCUT2D eigenvalue weighted by Crippen LogP contribution is -2.11. The molecule has 4 nitrogen and oxygen atoms in total. The summed E-state index contributed by atoms with van der Waals surface area (Å²) in [6.07, 6.45) is 1.87. The van der Waals surface area contributed by atoms with Crippen LogP contribution < -0.4 is 4.90 Å². The number of rotatable bonds is 5. The normalized spacial score (nSPS) is 11.6. The molecule has 212 valence electrons. The van der Waals surface area contributed by atoms with Gasteiger partial charge in [-0.1, -0.05) is 97.1 Å². The van der Waals surface area contributed by atoms with Gasteiger partial charge in [-0.15, -0.1) is 0 Å². The lowest BCUT2D eigenvalue weighted by Gasteiger charge is -2.24. The van der Waals surface area contributed by atoms with Crippen molar-refractivity contribution in [1.29, 1.82) is 0 Å². The molecule has 0 atom stereocenters. The third kappa shape index (κ3) is 4.11. The number of hydrogen-bond donors (Lipinski definition) is 0. The van der Waals surface area contributed by atoms with Gasteiger partial charge in [0.15, 0.2) is 11.4 Å². The molecule has 45 heavy (non-hydrogen) atoms. The zero-order valence-electron chi connectivity index (χ0n) is 24.3. The first-order valence-electron chi connectivity index (χ1n) is 15.1. The number of pyridine rings is 1.